The number of nitrogens with one attached hydrogen (secondary N) is 1. The van der Waals surface area contributed by atoms with Crippen LogP contribution < -0.4 is 11.1 Å². The van der Waals surface area contributed by atoms with Gasteiger partial charge in [-0.05, 0) is 44.2 Å². The third-order valence-electron chi connectivity index (χ3n) is 3.58. The molecular weight excluding hydrogens is 262 g/mol. The minimum Gasteiger partial charge on any atom is -0.366 e. The molecule has 0 bridgehead atoms. The first-order valence-corrected chi connectivity index (χ1v) is 7.24. The summed E-state index contributed by atoms with van der Waals surface area (Å²) in [6.07, 6.45) is 2.51. The Kier molecular flexibility index (Phi) is 4.21. The summed E-state index contributed by atoms with van der Waals surface area (Å²) >= 11 is 1.31. The SMILES string of the molecule is C[C@H](C1CC1)N(C)CC(=O)Nc1sccc1C(N)=O. The summed E-state index contributed by atoms with van der Waals surface area (Å²) in [7, 11) is 1.95. The minimum absolute atomic E-state index is 0.111. The Balaban J connectivity index is 1.89. The van der Waals surface area contributed by atoms with Crippen LogP contribution in [0.25, 0.3) is 0 Å². The number of thiophene rings is 1. The van der Waals surface area contributed by atoms with Crippen LogP contribution in [0, 0.1) is 5.92 Å². The molecule has 0 aliphatic heterocycles. The molecule has 3 N–H and O–H groups in total. The fourth-order valence-corrected chi connectivity index (χ4v) is 2.88. The molecule has 2 amide bonds. The Morgan fingerprint density at radius 3 is 2.84 bits per heavy atom. The van der Waals surface area contributed by atoms with Gasteiger partial charge < -0.3 is 11.1 Å². The average molecular weight is 281 g/mol. The lowest BCUT2D eigenvalue weighted by Gasteiger charge is -2.23. The van der Waals surface area contributed by atoms with Gasteiger partial charge in [0.1, 0.15) is 5.00 Å². The number of hydrogen-bond donors (Lipinski definition) is 2. The number of anilines is 1. The molecule has 1 aromatic rings. The molecule has 2 rings (SSSR count). The molecule has 1 aliphatic rings. The molecule has 0 saturated heterocycles. The number of nitrogens with two attached hydrogens (primary N) is 1. The second kappa shape index (κ2) is 5.71. The van der Waals surface area contributed by atoms with Crippen molar-refractivity contribution in [2.24, 2.45) is 11.7 Å². The van der Waals surface area contributed by atoms with Crippen molar-refractivity contribution < 1.29 is 9.59 Å². The van der Waals surface area contributed by atoms with Crippen LogP contribution in [-0.2, 0) is 4.79 Å². The number of carbonyl (C=O) groups is 2. The Hall–Kier alpha value is -1.40. The van der Waals surface area contributed by atoms with Crippen molar-refractivity contribution in [3.63, 3.8) is 0 Å². The van der Waals surface area contributed by atoms with E-state index in [0.717, 1.165) is 5.92 Å². The zero-order valence-corrected chi connectivity index (χ0v) is 12.0. The molecule has 1 heterocycles. The predicted octanol–water partition coefficient (Wildman–Crippen LogP) is 1.52. The summed E-state index contributed by atoms with van der Waals surface area (Å²) in [6, 6.07) is 2.05. The van der Waals surface area contributed by atoms with Gasteiger partial charge in [-0.15, -0.1) is 11.3 Å². The number of likely N-dealkylation sites (N-methyl/N-ethyl adjacent to an activating group) is 1. The van der Waals surface area contributed by atoms with Gasteiger partial charge in [0, 0.05) is 6.04 Å². The lowest BCUT2D eigenvalue weighted by atomic mass is 10.2. The molecule has 0 aromatic carbocycles. The molecular formula is C13H19N3O2S. The van der Waals surface area contributed by atoms with Gasteiger partial charge in [-0.25, -0.2) is 0 Å². The Bertz CT molecular complexity index is 482. The maximum atomic E-state index is 11.9. The highest BCUT2D eigenvalue weighted by Gasteiger charge is 2.31. The van der Waals surface area contributed by atoms with E-state index in [9.17, 15) is 9.59 Å². The third-order valence-corrected chi connectivity index (χ3v) is 4.41. The molecule has 1 aromatic heterocycles. The highest BCUT2D eigenvalue weighted by Crippen LogP contribution is 2.34. The van der Waals surface area contributed by atoms with Crippen molar-refractivity contribution in [1.82, 2.24) is 4.90 Å². The van der Waals surface area contributed by atoms with Crippen LogP contribution in [0.1, 0.15) is 30.1 Å². The Morgan fingerprint density at radius 1 is 1.58 bits per heavy atom. The van der Waals surface area contributed by atoms with Crippen LogP contribution in [0.3, 0.4) is 0 Å². The molecule has 0 radical (unpaired) electrons. The topological polar surface area (TPSA) is 75.4 Å². The van der Waals surface area contributed by atoms with Crippen molar-refractivity contribution in [1.29, 1.82) is 0 Å². The quantitative estimate of drug-likeness (QED) is 0.830. The monoisotopic (exact) mass is 281 g/mol. The van der Waals surface area contributed by atoms with E-state index < -0.39 is 5.91 Å². The number of amides is 2. The first-order valence-electron chi connectivity index (χ1n) is 6.36. The van der Waals surface area contributed by atoms with Gasteiger partial charge in [0.05, 0.1) is 12.1 Å². The zero-order valence-electron chi connectivity index (χ0n) is 11.2. The van der Waals surface area contributed by atoms with Crippen LogP contribution in [0.4, 0.5) is 5.00 Å². The summed E-state index contributed by atoms with van der Waals surface area (Å²) in [5.74, 6) is 0.0944. The van der Waals surface area contributed by atoms with Crippen molar-refractivity contribution in [2.45, 2.75) is 25.8 Å². The van der Waals surface area contributed by atoms with Gasteiger partial charge in [-0.1, -0.05) is 0 Å². The predicted molar refractivity (Wildman–Crippen MR) is 76.3 cm³/mol. The number of hydrogen-bond acceptors (Lipinski definition) is 4. The highest BCUT2D eigenvalue weighted by atomic mass is 32.1. The maximum absolute atomic E-state index is 11.9. The van der Waals surface area contributed by atoms with Crippen LogP contribution in [0.2, 0.25) is 0 Å². The smallest absolute Gasteiger partial charge is 0.251 e. The second-order valence-electron chi connectivity index (χ2n) is 5.07. The normalized spacial score (nSPS) is 16.4. The molecule has 0 spiro atoms. The molecule has 0 unspecified atom stereocenters. The summed E-state index contributed by atoms with van der Waals surface area (Å²) in [6.45, 7) is 2.47. The zero-order chi connectivity index (χ0) is 14.0. The molecule has 104 valence electrons. The van der Waals surface area contributed by atoms with Crippen molar-refractivity contribution >= 4 is 28.2 Å². The molecule has 1 saturated carbocycles. The van der Waals surface area contributed by atoms with E-state index in [-0.39, 0.29) is 5.91 Å². The van der Waals surface area contributed by atoms with E-state index in [1.807, 2.05) is 11.9 Å². The molecule has 19 heavy (non-hydrogen) atoms. The van der Waals surface area contributed by atoms with Crippen LogP contribution in [-0.4, -0.2) is 36.3 Å². The van der Waals surface area contributed by atoms with Gasteiger partial charge in [-0.2, -0.15) is 0 Å². The maximum Gasteiger partial charge on any atom is 0.251 e. The van der Waals surface area contributed by atoms with Gasteiger partial charge in [0.2, 0.25) is 5.91 Å². The van der Waals surface area contributed by atoms with Crippen molar-refractivity contribution in [3.05, 3.63) is 17.0 Å². The third kappa shape index (κ3) is 3.54. The largest absolute Gasteiger partial charge is 0.366 e. The summed E-state index contributed by atoms with van der Waals surface area (Å²) in [5.41, 5.74) is 5.61. The van der Waals surface area contributed by atoms with Crippen LogP contribution >= 0.6 is 11.3 Å². The average Bonchev–Trinajstić information content (AvgIpc) is 3.08. The number of rotatable bonds is 6. The van der Waals surface area contributed by atoms with Crippen molar-refractivity contribution in [3.8, 4) is 0 Å². The fraction of sp³-hybridized carbons (Fsp3) is 0.538. The molecule has 6 heteroatoms. The van der Waals surface area contributed by atoms with Crippen LogP contribution in [0.5, 0.6) is 0 Å². The van der Waals surface area contributed by atoms with E-state index in [0.29, 0.717) is 23.2 Å². The summed E-state index contributed by atoms with van der Waals surface area (Å²) in [5, 5.41) is 5.03. The molecule has 1 fully saturated rings. The van der Waals surface area contributed by atoms with Gasteiger partial charge in [0.25, 0.3) is 5.91 Å². The standard InChI is InChI=1S/C13H19N3O2S/c1-8(9-3-4-9)16(2)7-11(17)15-13-10(12(14)18)5-6-19-13/h5-6,8-9H,3-4,7H2,1-2H3,(H2,14,18)(H,15,17)/t8-/m1/s1. The first kappa shape index (κ1) is 14.0. The summed E-state index contributed by atoms with van der Waals surface area (Å²) in [4.78, 5) is 25.2. The first-order chi connectivity index (χ1) is 8.99. The van der Waals surface area contributed by atoms with Gasteiger partial charge >= 0.3 is 0 Å². The van der Waals surface area contributed by atoms with Crippen LogP contribution in [0.15, 0.2) is 11.4 Å². The van der Waals surface area contributed by atoms with Gasteiger partial charge in [0.15, 0.2) is 0 Å². The lowest BCUT2D eigenvalue weighted by Crippen LogP contribution is -2.37. The van der Waals surface area contributed by atoms with E-state index in [1.54, 1.807) is 11.4 Å². The molecule has 1 aliphatic carbocycles. The summed E-state index contributed by atoms with van der Waals surface area (Å²) < 4.78 is 0. The van der Waals surface area contributed by atoms with Gasteiger partial charge in [-0.3, -0.25) is 14.5 Å². The number of carbonyl (C=O) groups excluding carboxylic acids is 2. The van der Waals surface area contributed by atoms with E-state index in [2.05, 4.69) is 12.2 Å². The molecule has 1 atom stereocenters. The van der Waals surface area contributed by atoms with Crippen molar-refractivity contribution in [2.75, 3.05) is 18.9 Å². The lowest BCUT2D eigenvalue weighted by molar-refractivity contribution is -0.117. The fourth-order valence-electron chi connectivity index (χ4n) is 2.08. The molecule has 5 nitrogen and oxygen atoms in total. The number of primary amides is 1. The minimum atomic E-state index is -0.517. The van der Waals surface area contributed by atoms with E-state index in [1.165, 1.54) is 24.2 Å². The Labute approximate surface area is 116 Å². The second-order valence-corrected chi connectivity index (χ2v) is 5.99. The Morgan fingerprint density at radius 2 is 2.26 bits per heavy atom. The van der Waals surface area contributed by atoms with E-state index in [4.69, 9.17) is 5.73 Å². The highest BCUT2D eigenvalue weighted by molar-refractivity contribution is 7.14. The van der Waals surface area contributed by atoms with E-state index >= 15 is 0 Å². The number of nitrogens with zero attached hydrogens (tertiary/aromatic N) is 1.